The molecule has 6 aromatic heterocycles. The fourth-order valence-electron chi connectivity index (χ4n) is 4.34. The fourth-order valence-corrected chi connectivity index (χ4v) is 4.34. The van der Waals surface area contributed by atoms with E-state index in [0.29, 0.717) is 39.5 Å². The molecule has 6 heterocycles. The largest absolute Gasteiger partial charge is 0.336 e. The van der Waals surface area contributed by atoms with Crippen molar-refractivity contribution in [2.45, 2.75) is 12.8 Å². The number of carbonyl (C=O) groups is 1. The van der Waals surface area contributed by atoms with Crippen LogP contribution in [0.2, 0.25) is 0 Å². The molecule has 0 saturated heterocycles. The number of H-pyrrole nitrogens is 2. The number of nitrogens with zero attached hydrogens (tertiary/aromatic N) is 6. The van der Waals surface area contributed by atoms with Gasteiger partial charge in [0.15, 0.2) is 11.6 Å². The number of nitrogens with one attached hydrogen (secondary N) is 3. The van der Waals surface area contributed by atoms with Gasteiger partial charge in [0.05, 0.1) is 40.2 Å². The minimum absolute atomic E-state index is 0.0426. The molecule has 0 radical (unpaired) electrons. The van der Waals surface area contributed by atoms with E-state index >= 15 is 4.39 Å². The molecule has 1 amide bonds. The summed E-state index contributed by atoms with van der Waals surface area (Å²) in [6, 6.07) is 7.20. The number of hydrogen-bond donors (Lipinski definition) is 3. The van der Waals surface area contributed by atoms with E-state index in [1.165, 1.54) is 18.6 Å². The molecule has 0 atom stereocenters. The van der Waals surface area contributed by atoms with E-state index < -0.39 is 5.82 Å². The van der Waals surface area contributed by atoms with Crippen LogP contribution in [0.25, 0.3) is 56.0 Å². The normalized spacial score (nSPS) is 13.3. The number of aromatic nitrogens is 8. The van der Waals surface area contributed by atoms with Crippen molar-refractivity contribution in [2.24, 2.45) is 5.92 Å². The number of rotatable bonds is 5. The quantitative estimate of drug-likeness (QED) is 0.323. The van der Waals surface area contributed by atoms with Crippen LogP contribution >= 0.6 is 0 Å². The summed E-state index contributed by atoms with van der Waals surface area (Å²) in [7, 11) is 0. The average molecular weight is 491 g/mol. The number of hydrogen-bond acceptors (Lipinski definition) is 7. The number of pyridine rings is 4. The summed E-state index contributed by atoms with van der Waals surface area (Å²) in [5.74, 6) is -0.190. The molecule has 1 aliphatic rings. The molecule has 0 unspecified atom stereocenters. The third kappa shape index (κ3) is 3.68. The van der Waals surface area contributed by atoms with Gasteiger partial charge in [0.1, 0.15) is 16.9 Å². The van der Waals surface area contributed by atoms with Crippen molar-refractivity contribution in [3.05, 3.63) is 67.3 Å². The first kappa shape index (κ1) is 21.2. The number of amides is 1. The average Bonchev–Trinajstić information content (AvgIpc) is 3.54. The highest BCUT2D eigenvalue weighted by Gasteiger charge is 2.29. The summed E-state index contributed by atoms with van der Waals surface area (Å²) in [5.41, 5.74) is 4.60. The third-order valence-corrected chi connectivity index (χ3v) is 6.33. The van der Waals surface area contributed by atoms with Gasteiger partial charge in [0.25, 0.3) is 0 Å². The van der Waals surface area contributed by atoms with Gasteiger partial charge in [-0.15, -0.1) is 0 Å². The second-order valence-corrected chi connectivity index (χ2v) is 8.89. The number of aromatic amines is 2. The Morgan fingerprint density at radius 2 is 1.84 bits per heavy atom. The van der Waals surface area contributed by atoms with Gasteiger partial charge in [-0.05, 0) is 37.1 Å². The molecule has 0 aliphatic heterocycles. The number of fused-ring (bicyclic) bond motifs is 2. The Bertz CT molecular complexity index is 1810. The molecule has 6 aromatic rings. The standard InChI is InChI=1S/C26H18FN9O/c27-20-19-18(12-31-21(20)15-8-16(11-29-10-15)32-26(37)13-3-4-13)35-36-24(19)25-33-17-5-7-30-22(23(17)34-25)14-2-1-6-28-9-14/h1-2,5-13H,3-4H2,(H,32,37)(H,33,34)(H,35,36). The Labute approximate surface area is 208 Å². The lowest BCUT2D eigenvalue weighted by molar-refractivity contribution is -0.117. The first-order chi connectivity index (χ1) is 18.2. The Morgan fingerprint density at radius 1 is 0.946 bits per heavy atom. The van der Waals surface area contributed by atoms with Gasteiger partial charge >= 0.3 is 0 Å². The van der Waals surface area contributed by atoms with E-state index in [2.05, 4.69) is 40.4 Å². The van der Waals surface area contributed by atoms with E-state index in [1.807, 2.05) is 12.1 Å². The van der Waals surface area contributed by atoms with Gasteiger partial charge in [0, 0.05) is 41.8 Å². The highest BCUT2D eigenvalue weighted by Crippen LogP contribution is 2.34. The maximum Gasteiger partial charge on any atom is 0.227 e. The SMILES string of the molecule is O=C(Nc1cncc(-c2ncc3[nH]nc(-c4nc5c(-c6cccnc6)nccc5[nH]4)c3c2F)c1)C1CC1. The first-order valence-electron chi connectivity index (χ1n) is 11.7. The van der Waals surface area contributed by atoms with E-state index in [1.54, 1.807) is 30.7 Å². The van der Waals surface area contributed by atoms with Gasteiger partial charge in [-0.3, -0.25) is 29.8 Å². The zero-order chi connectivity index (χ0) is 24.9. The Hall–Kier alpha value is -5.06. The molecular weight excluding hydrogens is 473 g/mol. The van der Waals surface area contributed by atoms with Gasteiger partial charge in [-0.25, -0.2) is 9.37 Å². The lowest BCUT2D eigenvalue weighted by Gasteiger charge is -2.07. The molecule has 7 rings (SSSR count). The fraction of sp³-hybridized carbons (Fsp3) is 0.115. The van der Waals surface area contributed by atoms with Crippen LogP contribution in [0.1, 0.15) is 12.8 Å². The molecule has 180 valence electrons. The predicted molar refractivity (Wildman–Crippen MR) is 135 cm³/mol. The monoisotopic (exact) mass is 491 g/mol. The van der Waals surface area contributed by atoms with Crippen molar-refractivity contribution >= 4 is 33.5 Å². The Kier molecular flexibility index (Phi) is 4.74. The van der Waals surface area contributed by atoms with Crippen LogP contribution in [-0.2, 0) is 4.79 Å². The van der Waals surface area contributed by atoms with Crippen molar-refractivity contribution < 1.29 is 9.18 Å². The molecule has 0 bridgehead atoms. The zero-order valence-corrected chi connectivity index (χ0v) is 19.2. The Balaban J connectivity index is 1.32. The second-order valence-electron chi connectivity index (χ2n) is 8.89. The zero-order valence-electron chi connectivity index (χ0n) is 19.2. The molecule has 10 nitrogen and oxygen atoms in total. The van der Waals surface area contributed by atoms with Crippen LogP contribution in [0.4, 0.5) is 10.1 Å². The van der Waals surface area contributed by atoms with Gasteiger partial charge in [-0.2, -0.15) is 5.10 Å². The molecule has 11 heteroatoms. The van der Waals surface area contributed by atoms with Gasteiger partial charge < -0.3 is 10.3 Å². The molecule has 3 N–H and O–H groups in total. The first-order valence-corrected chi connectivity index (χ1v) is 11.7. The van der Waals surface area contributed by atoms with Crippen molar-refractivity contribution in [1.82, 2.24) is 40.1 Å². The topological polar surface area (TPSA) is 138 Å². The van der Waals surface area contributed by atoms with Crippen molar-refractivity contribution in [2.75, 3.05) is 5.32 Å². The van der Waals surface area contributed by atoms with Crippen molar-refractivity contribution in [3.63, 3.8) is 0 Å². The highest BCUT2D eigenvalue weighted by molar-refractivity contribution is 5.98. The molecule has 0 spiro atoms. The van der Waals surface area contributed by atoms with Crippen LogP contribution in [0.15, 0.2) is 61.4 Å². The number of halogens is 1. The van der Waals surface area contributed by atoms with Crippen LogP contribution < -0.4 is 5.32 Å². The minimum Gasteiger partial charge on any atom is -0.336 e. The minimum atomic E-state index is -0.570. The predicted octanol–water partition coefficient (Wildman–Crippen LogP) is 4.51. The summed E-state index contributed by atoms with van der Waals surface area (Å²) in [6.07, 6.45) is 11.4. The summed E-state index contributed by atoms with van der Waals surface area (Å²) < 4.78 is 16.0. The van der Waals surface area contributed by atoms with E-state index in [-0.39, 0.29) is 22.9 Å². The smallest absolute Gasteiger partial charge is 0.227 e. The molecule has 1 fully saturated rings. The molecular formula is C26H18FN9O. The number of carbonyl (C=O) groups excluding carboxylic acids is 1. The van der Waals surface area contributed by atoms with E-state index in [4.69, 9.17) is 4.98 Å². The number of imidazole rings is 1. The highest BCUT2D eigenvalue weighted by atomic mass is 19.1. The summed E-state index contributed by atoms with van der Waals surface area (Å²) in [5, 5.41) is 10.3. The van der Waals surface area contributed by atoms with Gasteiger partial charge in [-0.1, -0.05) is 0 Å². The lowest BCUT2D eigenvalue weighted by Crippen LogP contribution is -2.13. The van der Waals surface area contributed by atoms with Crippen molar-refractivity contribution in [3.8, 4) is 34.0 Å². The van der Waals surface area contributed by atoms with E-state index in [0.717, 1.165) is 23.9 Å². The molecule has 37 heavy (non-hydrogen) atoms. The van der Waals surface area contributed by atoms with E-state index in [9.17, 15) is 4.79 Å². The summed E-state index contributed by atoms with van der Waals surface area (Å²) in [4.78, 5) is 37.2. The lowest BCUT2D eigenvalue weighted by atomic mass is 10.1. The van der Waals surface area contributed by atoms with Crippen LogP contribution in [0, 0.1) is 11.7 Å². The molecule has 1 aliphatic carbocycles. The summed E-state index contributed by atoms with van der Waals surface area (Å²) >= 11 is 0. The maximum absolute atomic E-state index is 16.0. The van der Waals surface area contributed by atoms with Crippen LogP contribution in [0.3, 0.4) is 0 Å². The summed E-state index contributed by atoms with van der Waals surface area (Å²) in [6.45, 7) is 0. The third-order valence-electron chi connectivity index (χ3n) is 6.33. The number of anilines is 1. The second kappa shape index (κ2) is 8.26. The maximum atomic E-state index is 16.0. The molecule has 1 saturated carbocycles. The van der Waals surface area contributed by atoms with Crippen LogP contribution in [0.5, 0.6) is 0 Å². The van der Waals surface area contributed by atoms with Crippen LogP contribution in [-0.4, -0.2) is 46.0 Å². The molecule has 0 aromatic carbocycles. The van der Waals surface area contributed by atoms with Gasteiger partial charge in [0.2, 0.25) is 5.91 Å². The van der Waals surface area contributed by atoms with Crippen molar-refractivity contribution in [1.29, 1.82) is 0 Å². The Morgan fingerprint density at radius 3 is 2.68 bits per heavy atom.